The number of nitrogens with zero attached hydrogens (tertiary/aromatic N) is 5. The third kappa shape index (κ3) is 11.7. The van der Waals surface area contributed by atoms with Gasteiger partial charge in [-0.3, -0.25) is 48.9 Å². The van der Waals surface area contributed by atoms with E-state index in [1.54, 1.807) is 19.6 Å². The first-order valence-corrected chi connectivity index (χ1v) is 11.6. The number of nitro groups is 1. The van der Waals surface area contributed by atoms with Gasteiger partial charge in [-0.25, -0.2) is 0 Å². The van der Waals surface area contributed by atoms with E-state index in [1.807, 2.05) is 0 Å². The summed E-state index contributed by atoms with van der Waals surface area (Å²) in [6.07, 6.45) is 0. The second kappa shape index (κ2) is 14.8. The Bertz CT molecular complexity index is 926. The van der Waals surface area contributed by atoms with Crippen LogP contribution in [0.25, 0.3) is 0 Å². The molecule has 1 aromatic rings. The van der Waals surface area contributed by atoms with Crippen LogP contribution in [0.5, 0.6) is 0 Å². The fourth-order valence-electron chi connectivity index (χ4n) is 3.85. The Morgan fingerprint density at radius 3 is 1.30 bits per heavy atom. The molecule has 1 aromatic carbocycles. The molecule has 0 saturated carbocycles. The molecule has 0 unspecified atom stereocenters. The number of carbonyl (C=O) groups excluding carboxylic acids is 1. The number of rotatable bonds is 10. The molecule has 0 spiro atoms. The van der Waals surface area contributed by atoms with E-state index >= 15 is 0 Å². The van der Waals surface area contributed by atoms with Gasteiger partial charge in [0.05, 0.1) is 31.1 Å². The number of carboxylic acids is 3. The molecule has 1 heterocycles. The monoisotopic (exact) mass is 524 g/mol. The summed E-state index contributed by atoms with van der Waals surface area (Å²) in [4.78, 5) is 63.6. The van der Waals surface area contributed by atoms with Crippen LogP contribution in [0.3, 0.4) is 0 Å². The predicted octanol–water partition coefficient (Wildman–Crippen LogP) is -0.991. The molecule has 0 aromatic heterocycles. The largest absolute Gasteiger partial charge is 0.480 e. The van der Waals surface area contributed by atoms with E-state index in [9.17, 15) is 44.6 Å². The normalized spacial score (nSPS) is 17.3. The smallest absolute Gasteiger partial charge is 0.317 e. The highest BCUT2D eigenvalue weighted by molar-refractivity contribution is 5.92. The quantitative estimate of drug-likeness (QED) is 0.215. The van der Waals surface area contributed by atoms with E-state index in [-0.39, 0.29) is 77.0 Å². The first-order chi connectivity index (χ1) is 17.5. The third-order valence-electron chi connectivity index (χ3n) is 5.74. The first kappa shape index (κ1) is 29.6. The lowest BCUT2D eigenvalue weighted by Crippen LogP contribution is -2.49. The Hall–Kier alpha value is -3.66. The summed E-state index contributed by atoms with van der Waals surface area (Å²) in [6.45, 7) is 1.48. The Morgan fingerprint density at radius 1 is 0.676 bits per heavy atom. The molecule has 0 bridgehead atoms. The lowest BCUT2D eigenvalue weighted by atomic mass is 10.3. The maximum Gasteiger partial charge on any atom is 0.317 e. The van der Waals surface area contributed by atoms with Crippen molar-refractivity contribution in [2.24, 2.45) is 0 Å². The molecule has 0 radical (unpaired) electrons. The van der Waals surface area contributed by atoms with Gasteiger partial charge in [0.15, 0.2) is 0 Å². The number of aliphatic carboxylic acids is 3. The van der Waals surface area contributed by atoms with Crippen LogP contribution < -0.4 is 5.32 Å². The van der Waals surface area contributed by atoms with Crippen LogP contribution in [0.1, 0.15) is 0 Å². The lowest BCUT2D eigenvalue weighted by molar-refractivity contribution is -0.384. The minimum Gasteiger partial charge on any atom is -0.480 e. The number of anilines is 1. The Morgan fingerprint density at radius 2 is 1.00 bits per heavy atom. The van der Waals surface area contributed by atoms with E-state index in [1.165, 1.54) is 24.3 Å². The number of nitro benzene ring substituents is 1. The van der Waals surface area contributed by atoms with E-state index in [4.69, 9.17) is 0 Å². The maximum atomic E-state index is 12.7. The highest BCUT2D eigenvalue weighted by atomic mass is 16.6. The summed E-state index contributed by atoms with van der Waals surface area (Å²) in [5.74, 6) is -3.49. The SMILES string of the molecule is O=C(O)CN1CCN(CC(=O)O)CCN(CC(=O)Nc2ccc([N+](=O)[O-])cc2)CCN(CC(=O)O)CC1. The van der Waals surface area contributed by atoms with Gasteiger partial charge in [0.1, 0.15) is 0 Å². The second-order valence-corrected chi connectivity index (χ2v) is 8.64. The minimum atomic E-state index is -1.04. The number of hydrogen-bond donors (Lipinski definition) is 4. The molecule has 15 nitrogen and oxygen atoms in total. The van der Waals surface area contributed by atoms with Crippen LogP contribution in [0.2, 0.25) is 0 Å². The zero-order valence-electron chi connectivity index (χ0n) is 20.3. The Kier molecular flexibility index (Phi) is 11.8. The number of non-ortho nitro benzene ring substituents is 1. The lowest BCUT2D eigenvalue weighted by Gasteiger charge is -2.32. The maximum absolute atomic E-state index is 12.7. The molecule has 1 fully saturated rings. The van der Waals surface area contributed by atoms with Gasteiger partial charge in [0, 0.05) is 70.2 Å². The standard InChI is InChI=1S/C22H32N6O9/c29-19(23-17-1-3-18(4-2-17)28(36)37)13-24-5-7-25(14-20(30)31)9-11-27(16-22(34)35)12-10-26(8-6-24)15-21(32)33/h1-4H,5-16H2,(H,23,29)(H,30,31)(H,32,33)(H,34,35). The number of carboxylic acid groups (broad SMARTS) is 3. The Balaban J connectivity index is 2.11. The third-order valence-corrected chi connectivity index (χ3v) is 5.74. The molecule has 0 atom stereocenters. The second-order valence-electron chi connectivity index (χ2n) is 8.64. The molecule has 1 aliphatic rings. The minimum absolute atomic E-state index is 0.0655. The average molecular weight is 525 g/mol. The zero-order chi connectivity index (χ0) is 27.4. The van der Waals surface area contributed by atoms with E-state index in [2.05, 4.69) is 5.32 Å². The van der Waals surface area contributed by atoms with E-state index in [0.29, 0.717) is 18.8 Å². The van der Waals surface area contributed by atoms with Crippen molar-refractivity contribution in [3.8, 4) is 0 Å². The van der Waals surface area contributed by atoms with Crippen LogP contribution in [0.15, 0.2) is 24.3 Å². The van der Waals surface area contributed by atoms with Crippen LogP contribution in [-0.4, -0.2) is 142 Å². The summed E-state index contributed by atoms with van der Waals surface area (Å²) in [6, 6.07) is 5.37. The number of hydrogen-bond acceptors (Lipinski definition) is 10. The van der Waals surface area contributed by atoms with Crippen molar-refractivity contribution >= 4 is 35.2 Å². The fourth-order valence-corrected chi connectivity index (χ4v) is 3.85. The molecule has 204 valence electrons. The van der Waals surface area contributed by atoms with Crippen molar-refractivity contribution in [1.82, 2.24) is 19.6 Å². The molecule has 0 aliphatic carbocycles. The van der Waals surface area contributed by atoms with Gasteiger partial charge < -0.3 is 20.6 Å². The van der Waals surface area contributed by atoms with Crippen LogP contribution in [0, 0.1) is 10.1 Å². The summed E-state index contributed by atoms with van der Waals surface area (Å²) < 4.78 is 0. The molecule has 1 saturated heterocycles. The molecule has 15 heteroatoms. The van der Waals surface area contributed by atoms with Crippen LogP contribution in [-0.2, 0) is 19.2 Å². The molecule has 2 rings (SSSR count). The molecule has 1 amide bonds. The summed E-state index contributed by atoms with van der Waals surface area (Å²) in [7, 11) is 0. The summed E-state index contributed by atoms with van der Waals surface area (Å²) in [5, 5.41) is 41.3. The van der Waals surface area contributed by atoms with Crippen molar-refractivity contribution in [3.63, 3.8) is 0 Å². The number of benzene rings is 1. The van der Waals surface area contributed by atoms with Crippen molar-refractivity contribution in [1.29, 1.82) is 0 Å². The number of nitrogens with one attached hydrogen (secondary N) is 1. The van der Waals surface area contributed by atoms with Gasteiger partial charge in [-0.15, -0.1) is 0 Å². The molecular formula is C22H32N6O9. The first-order valence-electron chi connectivity index (χ1n) is 11.6. The molecule has 37 heavy (non-hydrogen) atoms. The number of amides is 1. The highest BCUT2D eigenvalue weighted by Gasteiger charge is 2.21. The molecule has 4 N–H and O–H groups in total. The van der Waals surface area contributed by atoms with Crippen molar-refractivity contribution in [3.05, 3.63) is 34.4 Å². The predicted molar refractivity (Wildman–Crippen MR) is 130 cm³/mol. The zero-order valence-corrected chi connectivity index (χ0v) is 20.3. The molecule has 1 aliphatic heterocycles. The van der Waals surface area contributed by atoms with Crippen LogP contribution in [0.4, 0.5) is 11.4 Å². The van der Waals surface area contributed by atoms with Crippen molar-refractivity contribution < 1.29 is 39.4 Å². The topological polar surface area (TPSA) is 197 Å². The fraction of sp³-hybridized carbons (Fsp3) is 0.545. The Labute approximate surface area is 213 Å². The summed E-state index contributed by atoms with van der Waals surface area (Å²) >= 11 is 0. The van der Waals surface area contributed by atoms with Crippen molar-refractivity contribution in [2.45, 2.75) is 0 Å². The average Bonchev–Trinajstić information content (AvgIpc) is 2.80. The van der Waals surface area contributed by atoms with Gasteiger partial charge in [-0.1, -0.05) is 0 Å². The molecular weight excluding hydrogens is 492 g/mol. The van der Waals surface area contributed by atoms with E-state index < -0.39 is 22.8 Å². The van der Waals surface area contributed by atoms with Gasteiger partial charge in [0.25, 0.3) is 5.69 Å². The highest BCUT2D eigenvalue weighted by Crippen LogP contribution is 2.15. The van der Waals surface area contributed by atoms with Crippen LogP contribution >= 0.6 is 0 Å². The van der Waals surface area contributed by atoms with Crippen molar-refractivity contribution in [2.75, 3.05) is 83.9 Å². The summed E-state index contributed by atoms with van der Waals surface area (Å²) in [5.41, 5.74) is 0.267. The number of carbonyl (C=O) groups is 4. The van der Waals surface area contributed by atoms with Gasteiger partial charge in [-0.2, -0.15) is 0 Å². The van der Waals surface area contributed by atoms with Gasteiger partial charge in [-0.05, 0) is 12.1 Å². The van der Waals surface area contributed by atoms with Gasteiger partial charge >= 0.3 is 17.9 Å². The van der Waals surface area contributed by atoms with E-state index in [0.717, 1.165) is 0 Å². The van der Waals surface area contributed by atoms with Gasteiger partial charge in [0.2, 0.25) is 5.91 Å².